The van der Waals surface area contributed by atoms with Crippen molar-refractivity contribution in [2.45, 2.75) is 12.8 Å². The summed E-state index contributed by atoms with van der Waals surface area (Å²) in [5, 5.41) is 8.85. The van der Waals surface area contributed by atoms with Crippen LogP contribution in [0.5, 0.6) is 0 Å². The molecule has 1 N–H and O–H groups in total. The Morgan fingerprint density at radius 2 is 2.07 bits per heavy atom. The maximum atomic E-state index is 11.5. The summed E-state index contributed by atoms with van der Waals surface area (Å²) in [6, 6.07) is 6.94. The lowest BCUT2D eigenvalue weighted by Gasteiger charge is -2.09. The number of para-hydroxylation sites is 1. The van der Waals surface area contributed by atoms with Gasteiger partial charge in [0, 0.05) is 0 Å². The molecule has 4 nitrogen and oxygen atoms in total. The summed E-state index contributed by atoms with van der Waals surface area (Å²) in [7, 11) is 0. The summed E-state index contributed by atoms with van der Waals surface area (Å²) < 4.78 is 0. The fraction of sp³-hybridized carbons (Fsp3) is 0.200. The van der Waals surface area contributed by atoms with Gasteiger partial charge in [-0.25, -0.2) is 9.69 Å². The van der Waals surface area contributed by atoms with E-state index in [-0.39, 0.29) is 11.8 Å². The zero-order valence-corrected chi connectivity index (χ0v) is 7.60. The highest BCUT2D eigenvalue weighted by Gasteiger charge is 2.37. The van der Waals surface area contributed by atoms with E-state index in [0.717, 1.165) is 10.5 Å². The van der Waals surface area contributed by atoms with Gasteiger partial charge in [0.2, 0.25) is 5.91 Å². The molecule has 0 saturated heterocycles. The zero-order valence-electron chi connectivity index (χ0n) is 7.60. The van der Waals surface area contributed by atoms with Crippen LogP contribution in [0.2, 0.25) is 0 Å². The fourth-order valence-electron chi connectivity index (χ4n) is 1.70. The zero-order chi connectivity index (χ0) is 10.3. The molecular weight excluding hydrogens is 182 g/mol. The number of imide groups is 1. The summed E-state index contributed by atoms with van der Waals surface area (Å²) in [4.78, 5) is 23.2. The molecule has 0 radical (unpaired) electrons. The minimum Gasteiger partial charge on any atom is -0.464 e. The third kappa shape index (κ3) is 1.00. The minimum atomic E-state index is -1.22. The van der Waals surface area contributed by atoms with Gasteiger partial charge in [-0.2, -0.15) is 0 Å². The lowest BCUT2D eigenvalue weighted by molar-refractivity contribution is -0.118. The van der Waals surface area contributed by atoms with Crippen molar-refractivity contribution < 1.29 is 14.7 Å². The smallest absolute Gasteiger partial charge is 0.418 e. The van der Waals surface area contributed by atoms with E-state index < -0.39 is 6.09 Å². The Bertz CT molecular complexity index is 414. The second-order valence-corrected chi connectivity index (χ2v) is 3.24. The first-order valence-electron chi connectivity index (χ1n) is 4.28. The standard InChI is InChI=1S/C10H9NO3/c1-6-7-4-2-3-5-8(7)11(9(6)12)10(13)14/h2-6H,1H3,(H,13,14). The number of amides is 2. The third-order valence-corrected chi connectivity index (χ3v) is 2.43. The lowest BCUT2D eigenvalue weighted by atomic mass is 10.0. The van der Waals surface area contributed by atoms with Crippen LogP contribution in [-0.4, -0.2) is 17.1 Å². The minimum absolute atomic E-state index is 0.359. The molecule has 14 heavy (non-hydrogen) atoms. The molecule has 1 atom stereocenters. The Balaban J connectivity index is 2.59. The number of carbonyl (C=O) groups excluding carboxylic acids is 1. The molecule has 1 aromatic carbocycles. The number of anilines is 1. The first-order valence-corrected chi connectivity index (χ1v) is 4.28. The van der Waals surface area contributed by atoms with Crippen LogP contribution in [0.15, 0.2) is 24.3 Å². The predicted molar refractivity (Wildman–Crippen MR) is 50.4 cm³/mol. The van der Waals surface area contributed by atoms with Crippen molar-refractivity contribution >= 4 is 17.7 Å². The molecule has 2 rings (SSSR count). The van der Waals surface area contributed by atoms with Crippen molar-refractivity contribution in [1.82, 2.24) is 0 Å². The van der Waals surface area contributed by atoms with Crippen LogP contribution in [0.25, 0.3) is 0 Å². The summed E-state index contributed by atoms with van der Waals surface area (Å²) >= 11 is 0. The Morgan fingerprint density at radius 3 is 2.71 bits per heavy atom. The topological polar surface area (TPSA) is 57.6 Å². The van der Waals surface area contributed by atoms with E-state index in [9.17, 15) is 9.59 Å². The Hall–Kier alpha value is -1.84. The van der Waals surface area contributed by atoms with Crippen LogP contribution in [-0.2, 0) is 4.79 Å². The van der Waals surface area contributed by atoms with Crippen LogP contribution in [0.1, 0.15) is 18.4 Å². The van der Waals surface area contributed by atoms with Gasteiger partial charge in [0.15, 0.2) is 0 Å². The van der Waals surface area contributed by atoms with E-state index in [0.29, 0.717) is 5.69 Å². The third-order valence-electron chi connectivity index (χ3n) is 2.43. The van der Waals surface area contributed by atoms with E-state index in [1.165, 1.54) is 0 Å². The molecule has 0 saturated carbocycles. The predicted octanol–water partition coefficient (Wildman–Crippen LogP) is 1.81. The average Bonchev–Trinajstić information content (AvgIpc) is 2.41. The number of carboxylic acid groups (broad SMARTS) is 1. The molecule has 0 spiro atoms. The maximum absolute atomic E-state index is 11.5. The number of benzene rings is 1. The van der Waals surface area contributed by atoms with E-state index >= 15 is 0 Å². The van der Waals surface area contributed by atoms with Gasteiger partial charge < -0.3 is 5.11 Å². The average molecular weight is 191 g/mol. The monoisotopic (exact) mass is 191 g/mol. The number of hydrogen-bond donors (Lipinski definition) is 1. The van der Waals surface area contributed by atoms with Crippen molar-refractivity contribution in [2.24, 2.45) is 0 Å². The number of nitrogens with zero attached hydrogens (tertiary/aromatic N) is 1. The van der Waals surface area contributed by atoms with Gasteiger partial charge in [0.1, 0.15) is 0 Å². The second kappa shape index (κ2) is 2.83. The molecule has 0 aliphatic carbocycles. The number of hydrogen-bond acceptors (Lipinski definition) is 2. The normalized spacial score (nSPS) is 19.6. The first kappa shape index (κ1) is 8.74. The number of carbonyl (C=O) groups is 2. The molecule has 1 aromatic rings. The van der Waals surface area contributed by atoms with Gasteiger partial charge in [-0.3, -0.25) is 4.79 Å². The summed E-state index contributed by atoms with van der Waals surface area (Å²) in [5.74, 6) is -0.735. The van der Waals surface area contributed by atoms with Gasteiger partial charge >= 0.3 is 6.09 Å². The van der Waals surface area contributed by atoms with Gasteiger partial charge in [-0.05, 0) is 18.6 Å². The molecule has 1 aliphatic rings. The molecular formula is C10H9NO3. The molecule has 4 heteroatoms. The molecule has 0 fully saturated rings. The highest BCUT2D eigenvalue weighted by molar-refractivity contribution is 6.18. The van der Waals surface area contributed by atoms with E-state index in [4.69, 9.17) is 5.11 Å². The first-order chi connectivity index (χ1) is 6.63. The Morgan fingerprint density at radius 1 is 1.43 bits per heavy atom. The molecule has 1 aliphatic heterocycles. The van der Waals surface area contributed by atoms with Crippen molar-refractivity contribution in [2.75, 3.05) is 4.90 Å². The molecule has 1 unspecified atom stereocenters. The van der Waals surface area contributed by atoms with Gasteiger partial charge in [0.05, 0.1) is 11.6 Å². The Kier molecular flexibility index (Phi) is 1.77. The lowest BCUT2D eigenvalue weighted by Crippen LogP contribution is -2.33. The van der Waals surface area contributed by atoms with Gasteiger partial charge in [0.25, 0.3) is 0 Å². The van der Waals surface area contributed by atoms with E-state index in [1.54, 1.807) is 31.2 Å². The van der Waals surface area contributed by atoms with Crippen molar-refractivity contribution in [3.8, 4) is 0 Å². The summed E-state index contributed by atoms with van der Waals surface area (Å²) in [6.45, 7) is 1.71. The van der Waals surface area contributed by atoms with Crippen LogP contribution < -0.4 is 4.90 Å². The molecule has 1 heterocycles. The largest absolute Gasteiger partial charge is 0.464 e. The van der Waals surface area contributed by atoms with Crippen LogP contribution >= 0.6 is 0 Å². The fourth-order valence-corrected chi connectivity index (χ4v) is 1.70. The summed E-state index contributed by atoms with van der Waals surface area (Å²) in [5.41, 5.74) is 1.26. The van der Waals surface area contributed by atoms with Crippen molar-refractivity contribution in [1.29, 1.82) is 0 Å². The number of rotatable bonds is 0. The van der Waals surface area contributed by atoms with E-state index in [2.05, 4.69) is 0 Å². The Labute approximate surface area is 80.8 Å². The van der Waals surface area contributed by atoms with Crippen LogP contribution in [0.3, 0.4) is 0 Å². The van der Waals surface area contributed by atoms with Crippen LogP contribution in [0.4, 0.5) is 10.5 Å². The maximum Gasteiger partial charge on any atom is 0.418 e. The highest BCUT2D eigenvalue weighted by atomic mass is 16.4. The van der Waals surface area contributed by atoms with Crippen molar-refractivity contribution in [3.05, 3.63) is 29.8 Å². The molecule has 0 aromatic heterocycles. The summed E-state index contributed by atoms with van der Waals surface area (Å²) in [6.07, 6.45) is -1.22. The SMILES string of the molecule is CC1C(=O)N(C(=O)O)c2ccccc21. The second-order valence-electron chi connectivity index (χ2n) is 3.24. The van der Waals surface area contributed by atoms with Gasteiger partial charge in [-0.1, -0.05) is 18.2 Å². The molecule has 0 bridgehead atoms. The quantitative estimate of drug-likeness (QED) is 0.680. The van der Waals surface area contributed by atoms with Crippen molar-refractivity contribution in [3.63, 3.8) is 0 Å². The van der Waals surface area contributed by atoms with Crippen LogP contribution in [0, 0.1) is 0 Å². The van der Waals surface area contributed by atoms with E-state index in [1.807, 2.05) is 0 Å². The number of fused-ring (bicyclic) bond motifs is 1. The molecule has 2 amide bonds. The molecule has 72 valence electrons. The van der Waals surface area contributed by atoms with Gasteiger partial charge in [-0.15, -0.1) is 0 Å². The highest BCUT2D eigenvalue weighted by Crippen LogP contribution is 2.36.